The monoisotopic (exact) mass is 244 g/mol. The Morgan fingerprint density at radius 1 is 1.44 bits per heavy atom. The van der Waals surface area contributed by atoms with Crippen molar-refractivity contribution in [2.45, 2.75) is 32.6 Å². The third kappa shape index (κ3) is 2.83. The van der Waals surface area contributed by atoms with Gasteiger partial charge < -0.3 is 10.5 Å². The summed E-state index contributed by atoms with van der Waals surface area (Å²) in [6, 6.07) is 8.42. The van der Waals surface area contributed by atoms with E-state index in [2.05, 4.69) is 25.1 Å². The van der Waals surface area contributed by atoms with Crippen LogP contribution in [-0.4, -0.2) is 13.2 Å². The van der Waals surface area contributed by atoms with Crippen LogP contribution in [-0.2, 0) is 6.42 Å². The van der Waals surface area contributed by atoms with Crippen molar-refractivity contribution in [3.8, 4) is 11.8 Å². The first kappa shape index (κ1) is 12.9. The van der Waals surface area contributed by atoms with Gasteiger partial charge in [0, 0.05) is 11.8 Å². The first-order valence-corrected chi connectivity index (χ1v) is 6.49. The Kier molecular flexibility index (Phi) is 3.88. The van der Waals surface area contributed by atoms with Crippen LogP contribution in [0.25, 0.3) is 0 Å². The molecule has 2 N–H and O–H groups in total. The number of hydrogen-bond acceptors (Lipinski definition) is 3. The molecule has 1 aromatic carbocycles. The lowest BCUT2D eigenvalue weighted by Crippen LogP contribution is -2.14. The van der Waals surface area contributed by atoms with Crippen LogP contribution >= 0.6 is 0 Å². The molecule has 0 bridgehead atoms. The van der Waals surface area contributed by atoms with E-state index < -0.39 is 0 Å². The fraction of sp³-hybridized carbons (Fsp3) is 0.533. The van der Waals surface area contributed by atoms with Gasteiger partial charge in [-0.3, -0.25) is 0 Å². The van der Waals surface area contributed by atoms with Gasteiger partial charge in [0.2, 0.25) is 0 Å². The maximum absolute atomic E-state index is 8.81. The Hall–Kier alpha value is -1.53. The van der Waals surface area contributed by atoms with Crippen molar-refractivity contribution in [2.75, 3.05) is 13.2 Å². The van der Waals surface area contributed by atoms with Crippen LogP contribution in [0.2, 0.25) is 0 Å². The van der Waals surface area contributed by atoms with Gasteiger partial charge >= 0.3 is 0 Å². The number of nitrogens with two attached hydrogens (primary N) is 1. The number of ether oxygens (including phenoxy) is 1. The van der Waals surface area contributed by atoms with Crippen molar-refractivity contribution in [3.63, 3.8) is 0 Å². The van der Waals surface area contributed by atoms with Crippen LogP contribution in [0.3, 0.4) is 0 Å². The predicted octanol–water partition coefficient (Wildman–Crippen LogP) is 2.57. The van der Waals surface area contributed by atoms with E-state index >= 15 is 0 Å². The molecule has 0 aliphatic heterocycles. The number of para-hydroxylation sites is 1. The molecular formula is C15H20N2O. The van der Waals surface area contributed by atoms with E-state index in [0.717, 1.165) is 30.6 Å². The molecule has 3 heteroatoms. The minimum Gasteiger partial charge on any atom is -0.492 e. The summed E-state index contributed by atoms with van der Waals surface area (Å²) < 4.78 is 5.99. The van der Waals surface area contributed by atoms with Gasteiger partial charge in [0.25, 0.3) is 0 Å². The molecule has 1 aliphatic carbocycles. The molecule has 0 unspecified atom stereocenters. The third-order valence-electron chi connectivity index (χ3n) is 3.64. The van der Waals surface area contributed by atoms with Gasteiger partial charge in [0.05, 0.1) is 12.7 Å². The normalized spacial score (nSPS) is 16.1. The van der Waals surface area contributed by atoms with Gasteiger partial charge in [-0.15, -0.1) is 0 Å². The van der Waals surface area contributed by atoms with Crippen molar-refractivity contribution in [1.29, 1.82) is 5.26 Å². The zero-order chi connectivity index (χ0) is 13.0. The number of rotatable bonds is 6. The predicted molar refractivity (Wildman–Crippen MR) is 71.3 cm³/mol. The Labute approximate surface area is 109 Å². The second-order valence-corrected chi connectivity index (χ2v) is 5.23. The quantitative estimate of drug-likeness (QED) is 0.836. The van der Waals surface area contributed by atoms with E-state index in [9.17, 15) is 0 Å². The topological polar surface area (TPSA) is 59.0 Å². The smallest absolute Gasteiger partial charge is 0.125 e. The molecule has 0 radical (unpaired) electrons. The summed E-state index contributed by atoms with van der Waals surface area (Å²) in [6.07, 6.45) is 3.66. The Morgan fingerprint density at radius 3 is 2.83 bits per heavy atom. The molecule has 1 fully saturated rings. The largest absolute Gasteiger partial charge is 0.492 e. The number of hydrogen-bond donors (Lipinski definition) is 1. The van der Waals surface area contributed by atoms with E-state index in [1.54, 1.807) is 0 Å². The fourth-order valence-corrected chi connectivity index (χ4v) is 2.21. The minimum atomic E-state index is 0.122. The van der Waals surface area contributed by atoms with Crippen molar-refractivity contribution in [2.24, 2.45) is 11.1 Å². The van der Waals surface area contributed by atoms with Gasteiger partial charge in [-0.1, -0.05) is 18.2 Å². The molecule has 0 spiro atoms. The summed E-state index contributed by atoms with van der Waals surface area (Å²) in [5.41, 5.74) is 8.06. The summed E-state index contributed by atoms with van der Waals surface area (Å²) in [5.74, 6) is 0.965. The molecule has 1 saturated carbocycles. The molecule has 0 heterocycles. The van der Waals surface area contributed by atoms with Crippen molar-refractivity contribution in [1.82, 2.24) is 0 Å². The highest BCUT2D eigenvalue weighted by Crippen LogP contribution is 2.49. The van der Waals surface area contributed by atoms with E-state index in [-0.39, 0.29) is 5.41 Å². The van der Waals surface area contributed by atoms with Gasteiger partial charge in [0.15, 0.2) is 0 Å². The first-order chi connectivity index (χ1) is 8.71. The lowest BCUT2D eigenvalue weighted by molar-refractivity contribution is 0.233. The highest BCUT2D eigenvalue weighted by Gasteiger charge is 2.43. The van der Waals surface area contributed by atoms with Crippen molar-refractivity contribution >= 4 is 0 Å². The first-order valence-electron chi connectivity index (χ1n) is 6.49. The molecule has 0 aromatic heterocycles. The SMILES string of the molecule is Cc1cccc(CCN)c1OCC1(CC#N)CC1. The molecule has 2 rings (SSSR count). The van der Waals surface area contributed by atoms with Crippen LogP contribution in [0.15, 0.2) is 18.2 Å². The number of nitriles is 1. The average Bonchev–Trinajstić information content (AvgIpc) is 3.10. The summed E-state index contributed by atoms with van der Waals surface area (Å²) in [4.78, 5) is 0. The lowest BCUT2D eigenvalue weighted by atomic mass is 10.0. The number of benzene rings is 1. The van der Waals surface area contributed by atoms with E-state index in [0.29, 0.717) is 19.6 Å². The average molecular weight is 244 g/mol. The zero-order valence-electron chi connectivity index (χ0n) is 10.9. The Balaban J connectivity index is 2.07. The van der Waals surface area contributed by atoms with Crippen LogP contribution < -0.4 is 10.5 Å². The van der Waals surface area contributed by atoms with E-state index in [4.69, 9.17) is 15.7 Å². The Morgan fingerprint density at radius 2 is 2.22 bits per heavy atom. The molecule has 3 nitrogen and oxygen atoms in total. The van der Waals surface area contributed by atoms with Crippen LogP contribution in [0.1, 0.15) is 30.4 Å². The highest BCUT2D eigenvalue weighted by atomic mass is 16.5. The molecular weight excluding hydrogens is 224 g/mol. The van der Waals surface area contributed by atoms with Gasteiger partial charge in [0.1, 0.15) is 5.75 Å². The van der Waals surface area contributed by atoms with Gasteiger partial charge in [-0.05, 0) is 43.9 Å². The second kappa shape index (κ2) is 5.41. The molecule has 96 valence electrons. The van der Waals surface area contributed by atoms with Crippen molar-refractivity contribution < 1.29 is 4.74 Å². The van der Waals surface area contributed by atoms with Crippen LogP contribution in [0, 0.1) is 23.7 Å². The maximum atomic E-state index is 8.81. The summed E-state index contributed by atoms with van der Waals surface area (Å²) in [7, 11) is 0. The van der Waals surface area contributed by atoms with E-state index in [1.807, 2.05) is 6.07 Å². The zero-order valence-corrected chi connectivity index (χ0v) is 10.9. The number of nitrogens with zero attached hydrogens (tertiary/aromatic N) is 1. The molecule has 18 heavy (non-hydrogen) atoms. The number of aryl methyl sites for hydroxylation is 1. The summed E-state index contributed by atoms with van der Waals surface area (Å²) in [6.45, 7) is 3.34. The molecule has 0 saturated heterocycles. The molecule has 1 aliphatic rings. The molecule has 0 atom stereocenters. The van der Waals surface area contributed by atoms with Crippen LogP contribution in [0.4, 0.5) is 0 Å². The lowest BCUT2D eigenvalue weighted by Gasteiger charge is -2.17. The molecule has 1 aromatic rings. The molecule has 0 amide bonds. The van der Waals surface area contributed by atoms with Gasteiger partial charge in [-0.25, -0.2) is 0 Å². The minimum absolute atomic E-state index is 0.122. The maximum Gasteiger partial charge on any atom is 0.125 e. The van der Waals surface area contributed by atoms with Gasteiger partial charge in [-0.2, -0.15) is 5.26 Å². The van der Waals surface area contributed by atoms with Crippen molar-refractivity contribution in [3.05, 3.63) is 29.3 Å². The third-order valence-corrected chi connectivity index (χ3v) is 3.64. The second-order valence-electron chi connectivity index (χ2n) is 5.23. The van der Waals surface area contributed by atoms with E-state index in [1.165, 1.54) is 5.56 Å². The Bertz CT molecular complexity index is 458. The highest BCUT2D eigenvalue weighted by molar-refractivity contribution is 5.41. The summed E-state index contributed by atoms with van der Waals surface area (Å²) in [5, 5.41) is 8.81. The standard InChI is InChI=1S/C15H20N2O/c1-12-3-2-4-13(5-9-16)14(12)18-11-15(6-7-15)8-10-17/h2-4H,5-9,11,16H2,1H3. The van der Waals surface area contributed by atoms with Crippen LogP contribution in [0.5, 0.6) is 5.75 Å². The fourth-order valence-electron chi connectivity index (χ4n) is 2.21. The summed E-state index contributed by atoms with van der Waals surface area (Å²) >= 11 is 0.